The molecule has 0 rings (SSSR count). The van der Waals surface area contributed by atoms with Gasteiger partial charge in [0.1, 0.15) is 0 Å². The van der Waals surface area contributed by atoms with Gasteiger partial charge in [0.2, 0.25) is 5.91 Å². The summed E-state index contributed by atoms with van der Waals surface area (Å²) < 4.78 is 0. The average molecular weight is 286 g/mol. The standard InChI is InChI=1S/C15H30N2O3/c1-15(2,3)12(9-10-16)7-8-13(18)17-11-5-4-6-14(19)20/h12H,4-11,16H2,1-3H3,(H,17,18)(H,19,20). The molecule has 0 spiro atoms. The van der Waals surface area contributed by atoms with Crippen molar-refractivity contribution in [2.45, 2.75) is 59.3 Å². The van der Waals surface area contributed by atoms with E-state index < -0.39 is 5.97 Å². The first-order valence-electron chi connectivity index (χ1n) is 7.46. The zero-order valence-corrected chi connectivity index (χ0v) is 13.1. The maximum Gasteiger partial charge on any atom is 0.303 e. The highest BCUT2D eigenvalue weighted by molar-refractivity contribution is 5.75. The molecule has 1 amide bonds. The van der Waals surface area contributed by atoms with Crippen molar-refractivity contribution in [1.29, 1.82) is 0 Å². The number of hydrogen-bond acceptors (Lipinski definition) is 3. The molecule has 0 heterocycles. The molecule has 0 aromatic carbocycles. The normalized spacial score (nSPS) is 13.0. The fourth-order valence-corrected chi connectivity index (χ4v) is 2.23. The highest BCUT2D eigenvalue weighted by Crippen LogP contribution is 2.31. The van der Waals surface area contributed by atoms with Crippen LogP contribution in [-0.4, -0.2) is 30.1 Å². The first-order valence-corrected chi connectivity index (χ1v) is 7.46. The van der Waals surface area contributed by atoms with Crippen LogP contribution < -0.4 is 11.1 Å². The molecule has 0 aromatic rings. The summed E-state index contributed by atoms with van der Waals surface area (Å²) in [6, 6.07) is 0. The van der Waals surface area contributed by atoms with E-state index in [2.05, 4.69) is 26.1 Å². The third kappa shape index (κ3) is 9.78. The number of carboxylic acids is 1. The predicted molar refractivity (Wildman–Crippen MR) is 80.3 cm³/mol. The van der Waals surface area contributed by atoms with E-state index >= 15 is 0 Å². The summed E-state index contributed by atoms with van der Waals surface area (Å²) in [7, 11) is 0. The molecular weight excluding hydrogens is 256 g/mol. The molecule has 0 bridgehead atoms. The Morgan fingerprint density at radius 1 is 1.15 bits per heavy atom. The zero-order chi connectivity index (χ0) is 15.6. The molecule has 0 fully saturated rings. The van der Waals surface area contributed by atoms with Crippen LogP contribution in [-0.2, 0) is 9.59 Å². The lowest BCUT2D eigenvalue weighted by atomic mass is 9.76. The molecule has 20 heavy (non-hydrogen) atoms. The van der Waals surface area contributed by atoms with Crippen molar-refractivity contribution in [1.82, 2.24) is 5.32 Å². The highest BCUT2D eigenvalue weighted by atomic mass is 16.4. The maximum absolute atomic E-state index is 11.7. The quantitative estimate of drug-likeness (QED) is 0.536. The van der Waals surface area contributed by atoms with Crippen molar-refractivity contribution in [3.05, 3.63) is 0 Å². The monoisotopic (exact) mass is 286 g/mol. The van der Waals surface area contributed by atoms with E-state index in [0.717, 1.165) is 12.8 Å². The molecule has 0 saturated heterocycles. The number of amides is 1. The first-order chi connectivity index (χ1) is 9.27. The third-order valence-corrected chi connectivity index (χ3v) is 3.60. The lowest BCUT2D eigenvalue weighted by Gasteiger charge is -2.30. The SMILES string of the molecule is CC(C)(C)C(CCN)CCC(=O)NCCCCC(=O)O. The summed E-state index contributed by atoms with van der Waals surface area (Å²) in [5.74, 6) is -0.289. The van der Waals surface area contributed by atoms with Crippen molar-refractivity contribution in [2.75, 3.05) is 13.1 Å². The molecular formula is C15H30N2O3. The second-order valence-electron chi connectivity index (χ2n) is 6.38. The number of unbranched alkanes of at least 4 members (excludes halogenated alkanes) is 1. The Bertz CT molecular complexity index is 298. The predicted octanol–water partition coefficient (Wildman–Crippen LogP) is 2.15. The molecule has 1 unspecified atom stereocenters. The summed E-state index contributed by atoms with van der Waals surface area (Å²) in [5.41, 5.74) is 5.79. The number of rotatable bonds is 10. The van der Waals surface area contributed by atoms with Gasteiger partial charge in [-0.3, -0.25) is 9.59 Å². The number of hydrogen-bond donors (Lipinski definition) is 3. The summed E-state index contributed by atoms with van der Waals surface area (Å²) in [6.45, 7) is 7.74. The average Bonchev–Trinajstić information content (AvgIpc) is 2.32. The Kier molecular flexibility index (Phi) is 9.21. The van der Waals surface area contributed by atoms with Gasteiger partial charge in [-0.15, -0.1) is 0 Å². The number of carboxylic acid groups (broad SMARTS) is 1. The smallest absolute Gasteiger partial charge is 0.303 e. The van der Waals surface area contributed by atoms with E-state index in [1.807, 2.05) is 0 Å². The maximum atomic E-state index is 11.7. The molecule has 0 aliphatic heterocycles. The fraction of sp³-hybridized carbons (Fsp3) is 0.867. The molecule has 5 nitrogen and oxygen atoms in total. The first kappa shape index (κ1) is 18.9. The van der Waals surface area contributed by atoms with Gasteiger partial charge in [-0.1, -0.05) is 20.8 Å². The largest absolute Gasteiger partial charge is 0.481 e. The van der Waals surface area contributed by atoms with Crippen LogP contribution in [0.3, 0.4) is 0 Å². The lowest BCUT2D eigenvalue weighted by Crippen LogP contribution is -2.28. The minimum absolute atomic E-state index is 0.0478. The van der Waals surface area contributed by atoms with Crippen LogP contribution >= 0.6 is 0 Å². The van der Waals surface area contributed by atoms with E-state index in [-0.39, 0.29) is 17.7 Å². The molecule has 0 aliphatic rings. The number of nitrogens with one attached hydrogen (secondary N) is 1. The van der Waals surface area contributed by atoms with E-state index in [9.17, 15) is 9.59 Å². The third-order valence-electron chi connectivity index (χ3n) is 3.60. The van der Waals surface area contributed by atoms with Crippen LogP contribution in [0.5, 0.6) is 0 Å². The number of carbonyl (C=O) groups is 2. The van der Waals surface area contributed by atoms with Crippen LogP contribution in [0.1, 0.15) is 59.3 Å². The van der Waals surface area contributed by atoms with E-state index in [4.69, 9.17) is 10.8 Å². The molecule has 0 aromatic heterocycles. The summed E-state index contributed by atoms with van der Waals surface area (Å²) in [5, 5.41) is 11.3. The second-order valence-corrected chi connectivity index (χ2v) is 6.38. The Labute approximate surface area is 122 Å². The van der Waals surface area contributed by atoms with Crippen molar-refractivity contribution in [3.63, 3.8) is 0 Å². The summed E-state index contributed by atoms with van der Waals surface area (Å²) in [4.78, 5) is 22.0. The molecule has 1 atom stereocenters. The zero-order valence-electron chi connectivity index (χ0n) is 13.1. The number of carbonyl (C=O) groups excluding carboxylic acids is 1. The van der Waals surface area contributed by atoms with Crippen LogP contribution in [0, 0.1) is 11.3 Å². The summed E-state index contributed by atoms with van der Waals surface area (Å²) in [6.07, 6.45) is 3.79. The van der Waals surface area contributed by atoms with Crippen LogP contribution in [0.4, 0.5) is 0 Å². The fourth-order valence-electron chi connectivity index (χ4n) is 2.23. The van der Waals surface area contributed by atoms with E-state index in [0.29, 0.717) is 38.3 Å². The Morgan fingerprint density at radius 3 is 2.30 bits per heavy atom. The minimum Gasteiger partial charge on any atom is -0.481 e. The van der Waals surface area contributed by atoms with Gasteiger partial charge in [0.05, 0.1) is 0 Å². The van der Waals surface area contributed by atoms with Crippen molar-refractivity contribution in [2.24, 2.45) is 17.1 Å². The van der Waals surface area contributed by atoms with Crippen molar-refractivity contribution >= 4 is 11.9 Å². The second kappa shape index (κ2) is 9.75. The van der Waals surface area contributed by atoms with Gasteiger partial charge in [-0.05, 0) is 43.6 Å². The van der Waals surface area contributed by atoms with E-state index in [1.165, 1.54) is 0 Å². The number of nitrogens with two attached hydrogens (primary N) is 1. The lowest BCUT2D eigenvalue weighted by molar-refractivity contribution is -0.137. The van der Waals surface area contributed by atoms with Crippen LogP contribution in [0.25, 0.3) is 0 Å². The Balaban J connectivity index is 3.82. The molecule has 0 saturated carbocycles. The van der Waals surface area contributed by atoms with Gasteiger partial charge >= 0.3 is 5.97 Å². The van der Waals surface area contributed by atoms with E-state index in [1.54, 1.807) is 0 Å². The molecule has 0 aliphatic carbocycles. The van der Waals surface area contributed by atoms with Gasteiger partial charge in [0, 0.05) is 19.4 Å². The number of aliphatic carboxylic acids is 1. The molecule has 118 valence electrons. The minimum atomic E-state index is -0.786. The van der Waals surface area contributed by atoms with Gasteiger partial charge in [-0.25, -0.2) is 0 Å². The van der Waals surface area contributed by atoms with Gasteiger partial charge in [-0.2, -0.15) is 0 Å². The van der Waals surface area contributed by atoms with Gasteiger partial charge < -0.3 is 16.2 Å². The Hall–Kier alpha value is -1.10. The topological polar surface area (TPSA) is 92.4 Å². The van der Waals surface area contributed by atoms with Crippen molar-refractivity contribution < 1.29 is 14.7 Å². The molecule has 5 heteroatoms. The summed E-state index contributed by atoms with van der Waals surface area (Å²) >= 11 is 0. The molecule has 0 radical (unpaired) electrons. The Morgan fingerprint density at radius 2 is 1.80 bits per heavy atom. The van der Waals surface area contributed by atoms with Crippen LogP contribution in [0.15, 0.2) is 0 Å². The van der Waals surface area contributed by atoms with Gasteiger partial charge in [0.15, 0.2) is 0 Å². The highest BCUT2D eigenvalue weighted by Gasteiger charge is 2.24. The van der Waals surface area contributed by atoms with Crippen molar-refractivity contribution in [3.8, 4) is 0 Å². The van der Waals surface area contributed by atoms with Crippen LogP contribution in [0.2, 0.25) is 0 Å². The van der Waals surface area contributed by atoms with Gasteiger partial charge in [0.25, 0.3) is 0 Å². The molecule has 4 N–H and O–H groups in total.